The Morgan fingerprint density at radius 3 is 2.27 bits per heavy atom. The van der Waals surface area contributed by atoms with E-state index < -0.39 is 0 Å². The summed E-state index contributed by atoms with van der Waals surface area (Å²) in [6.07, 6.45) is 6.12. The Kier molecular flexibility index (Phi) is 5.01. The molecular formula is C22H29NO3. The van der Waals surface area contributed by atoms with E-state index in [1.54, 1.807) is 0 Å². The monoisotopic (exact) mass is 355 g/mol. The normalized spacial score (nSPS) is 32.9. The number of carbonyl (C=O) groups is 2. The van der Waals surface area contributed by atoms with Crippen LogP contribution in [0.15, 0.2) is 30.3 Å². The summed E-state index contributed by atoms with van der Waals surface area (Å²) in [5.41, 5.74) is 1.19. The van der Waals surface area contributed by atoms with Gasteiger partial charge >= 0.3 is 5.97 Å². The lowest BCUT2D eigenvalue weighted by molar-refractivity contribution is -0.164. The zero-order valence-corrected chi connectivity index (χ0v) is 15.5. The largest absolute Gasteiger partial charge is 0.455 e. The van der Waals surface area contributed by atoms with Crippen LogP contribution in [0.2, 0.25) is 0 Å². The summed E-state index contributed by atoms with van der Waals surface area (Å²) in [5.74, 6) is 2.61. The summed E-state index contributed by atoms with van der Waals surface area (Å²) in [6.45, 7) is 2.48. The molecule has 4 aliphatic carbocycles. The van der Waals surface area contributed by atoms with Crippen LogP contribution in [0, 0.1) is 29.6 Å². The van der Waals surface area contributed by atoms with E-state index in [1.807, 2.05) is 18.2 Å². The SMILES string of the molecule is C[C@@H](CNC(=O)COC(=O)C1C2CC3CC(C2)CC1C3)c1ccccc1. The van der Waals surface area contributed by atoms with E-state index in [0.29, 0.717) is 18.4 Å². The predicted octanol–water partition coefficient (Wildman–Crippen LogP) is 3.52. The van der Waals surface area contributed by atoms with Crippen molar-refractivity contribution in [3.05, 3.63) is 35.9 Å². The van der Waals surface area contributed by atoms with Crippen LogP contribution in [0.1, 0.15) is 50.5 Å². The first-order valence-corrected chi connectivity index (χ1v) is 10.1. The van der Waals surface area contributed by atoms with Crippen molar-refractivity contribution in [1.82, 2.24) is 5.32 Å². The molecule has 1 aromatic rings. The number of nitrogens with one attached hydrogen (secondary N) is 1. The second-order valence-corrected chi connectivity index (χ2v) is 8.68. The second kappa shape index (κ2) is 7.42. The summed E-state index contributed by atoms with van der Waals surface area (Å²) < 4.78 is 5.42. The Hall–Kier alpha value is -1.84. The van der Waals surface area contributed by atoms with E-state index in [1.165, 1.54) is 37.7 Å². The van der Waals surface area contributed by atoms with Crippen LogP contribution in [-0.2, 0) is 14.3 Å². The van der Waals surface area contributed by atoms with Crippen molar-refractivity contribution in [1.29, 1.82) is 0 Å². The molecule has 1 aromatic carbocycles. The van der Waals surface area contributed by atoms with Crippen LogP contribution in [0.4, 0.5) is 0 Å². The molecular weight excluding hydrogens is 326 g/mol. The molecule has 0 aromatic heterocycles. The first-order chi connectivity index (χ1) is 12.6. The number of hydrogen-bond acceptors (Lipinski definition) is 3. The van der Waals surface area contributed by atoms with Gasteiger partial charge in [-0.1, -0.05) is 37.3 Å². The van der Waals surface area contributed by atoms with Crippen molar-refractivity contribution < 1.29 is 14.3 Å². The van der Waals surface area contributed by atoms with Crippen LogP contribution in [0.25, 0.3) is 0 Å². The molecule has 1 N–H and O–H groups in total. The van der Waals surface area contributed by atoms with Gasteiger partial charge in [-0.05, 0) is 67.3 Å². The lowest BCUT2D eigenvalue weighted by atomic mass is 9.52. The van der Waals surface area contributed by atoms with Crippen LogP contribution in [-0.4, -0.2) is 25.0 Å². The summed E-state index contributed by atoms with van der Waals surface area (Å²) >= 11 is 0. The van der Waals surface area contributed by atoms with Crippen molar-refractivity contribution in [2.24, 2.45) is 29.6 Å². The van der Waals surface area contributed by atoms with E-state index in [-0.39, 0.29) is 30.3 Å². The van der Waals surface area contributed by atoms with Crippen molar-refractivity contribution in [3.63, 3.8) is 0 Å². The number of carbonyl (C=O) groups excluding carboxylic acids is 2. The molecule has 0 spiro atoms. The minimum atomic E-state index is -0.204. The predicted molar refractivity (Wildman–Crippen MR) is 99.4 cm³/mol. The van der Waals surface area contributed by atoms with Gasteiger partial charge in [0.15, 0.2) is 6.61 Å². The summed E-state index contributed by atoms with van der Waals surface area (Å²) in [5, 5.41) is 2.89. The average molecular weight is 355 g/mol. The van der Waals surface area contributed by atoms with Gasteiger partial charge in [-0.25, -0.2) is 0 Å². The lowest BCUT2D eigenvalue weighted by Gasteiger charge is -2.53. The van der Waals surface area contributed by atoms with Gasteiger partial charge in [0.1, 0.15) is 0 Å². The maximum Gasteiger partial charge on any atom is 0.310 e. The third-order valence-corrected chi connectivity index (χ3v) is 6.82. The van der Waals surface area contributed by atoms with Gasteiger partial charge in [0.25, 0.3) is 5.91 Å². The van der Waals surface area contributed by atoms with E-state index in [4.69, 9.17) is 4.74 Å². The Bertz CT molecular complexity index is 629. The molecule has 0 heterocycles. The third-order valence-electron chi connectivity index (χ3n) is 6.82. The smallest absolute Gasteiger partial charge is 0.310 e. The molecule has 4 bridgehead atoms. The quantitative estimate of drug-likeness (QED) is 0.795. The van der Waals surface area contributed by atoms with Crippen LogP contribution >= 0.6 is 0 Å². The van der Waals surface area contributed by atoms with E-state index in [2.05, 4.69) is 24.4 Å². The van der Waals surface area contributed by atoms with Gasteiger partial charge in [0, 0.05) is 6.54 Å². The van der Waals surface area contributed by atoms with Crippen molar-refractivity contribution in [2.45, 2.75) is 44.9 Å². The number of ether oxygens (including phenoxy) is 1. The molecule has 140 valence electrons. The van der Waals surface area contributed by atoms with E-state index >= 15 is 0 Å². The third kappa shape index (κ3) is 3.65. The van der Waals surface area contributed by atoms with Crippen molar-refractivity contribution in [3.8, 4) is 0 Å². The molecule has 4 aliphatic rings. The highest BCUT2D eigenvalue weighted by Crippen LogP contribution is 2.56. The van der Waals surface area contributed by atoms with Gasteiger partial charge in [-0.3, -0.25) is 9.59 Å². The fourth-order valence-electron chi connectivity index (χ4n) is 5.76. The molecule has 5 rings (SSSR count). The Labute approximate surface area is 155 Å². The zero-order chi connectivity index (χ0) is 18.1. The van der Waals surface area contributed by atoms with Crippen LogP contribution in [0.3, 0.4) is 0 Å². The van der Waals surface area contributed by atoms with Gasteiger partial charge in [0.05, 0.1) is 5.92 Å². The molecule has 0 saturated heterocycles. The molecule has 0 unspecified atom stereocenters. The minimum Gasteiger partial charge on any atom is -0.455 e. The molecule has 1 amide bonds. The Morgan fingerprint density at radius 1 is 1.04 bits per heavy atom. The number of benzene rings is 1. The van der Waals surface area contributed by atoms with Crippen molar-refractivity contribution in [2.75, 3.05) is 13.2 Å². The molecule has 4 heteroatoms. The van der Waals surface area contributed by atoms with Crippen LogP contribution < -0.4 is 5.32 Å². The topological polar surface area (TPSA) is 55.4 Å². The number of rotatable bonds is 6. The van der Waals surface area contributed by atoms with Gasteiger partial charge in [-0.15, -0.1) is 0 Å². The minimum absolute atomic E-state index is 0.0406. The highest BCUT2D eigenvalue weighted by Gasteiger charge is 2.51. The summed E-state index contributed by atoms with van der Waals surface area (Å²) in [7, 11) is 0. The first-order valence-electron chi connectivity index (χ1n) is 10.1. The van der Waals surface area contributed by atoms with Crippen molar-refractivity contribution >= 4 is 11.9 Å². The molecule has 26 heavy (non-hydrogen) atoms. The molecule has 4 fully saturated rings. The van der Waals surface area contributed by atoms with Gasteiger partial charge in [-0.2, -0.15) is 0 Å². The molecule has 0 radical (unpaired) electrons. The molecule has 0 aliphatic heterocycles. The molecule has 4 nitrogen and oxygen atoms in total. The summed E-state index contributed by atoms with van der Waals surface area (Å²) in [6, 6.07) is 10.1. The molecule has 4 saturated carbocycles. The summed E-state index contributed by atoms with van der Waals surface area (Å²) in [4.78, 5) is 24.7. The molecule has 1 atom stereocenters. The fraction of sp³-hybridized carbons (Fsp3) is 0.636. The average Bonchev–Trinajstić information content (AvgIpc) is 2.64. The Balaban J connectivity index is 1.23. The van der Waals surface area contributed by atoms with E-state index in [0.717, 1.165) is 11.8 Å². The highest BCUT2D eigenvalue weighted by atomic mass is 16.5. The first kappa shape index (κ1) is 17.6. The number of esters is 1. The van der Waals surface area contributed by atoms with E-state index in [9.17, 15) is 9.59 Å². The number of amides is 1. The zero-order valence-electron chi connectivity index (χ0n) is 15.5. The fourth-order valence-corrected chi connectivity index (χ4v) is 5.76. The maximum atomic E-state index is 12.6. The standard InChI is InChI=1S/C22H29NO3/c1-14(17-5-3-2-4-6-17)12-23-20(24)13-26-22(25)21-18-8-15-7-16(10-18)11-19(21)9-15/h2-6,14-16,18-19,21H,7-13H2,1H3,(H,23,24)/t14-,15?,16?,18?,19?,21?/m0/s1. The van der Waals surface area contributed by atoms with Crippen LogP contribution in [0.5, 0.6) is 0 Å². The van der Waals surface area contributed by atoms with Gasteiger partial charge < -0.3 is 10.1 Å². The Morgan fingerprint density at radius 2 is 1.65 bits per heavy atom. The second-order valence-electron chi connectivity index (χ2n) is 8.68. The lowest BCUT2D eigenvalue weighted by Crippen LogP contribution is -2.48. The highest BCUT2D eigenvalue weighted by molar-refractivity contribution is 5.81. The maximum absolute atomic E-state index is 12.6. The number of hydrogen-bond donors (Lipinski definition) is 1. The van der Waals surface area contributed by atoms with Gasteiger partial charge in [0.2, 0.25) is 0 Å².